The maximum atomic E-state index is 13.5. The number of nitrogens with zero attached hydrogens (tertiary/aromatic N) is 3. The number of aryl methyl sites for hydroxylation is 1. The third-order valence-corrected chi connectivity index (χ3v) is 5.70. The Balaban J connectivity index is 1.70. The second-order valence-corrected chi connectivity index (χ2v) is 7.51. The van der Waals surface area contributed by atoms with Crippen LogP contribution in [0.5, 0.6) is 0 Å². The molecule has 0 spiro atoms. The molecule has 1 atom stereocenters. The minimum atomic E-state index is -0.308. The van der Waals surface area contributed by atoms with Gasteiger partial charge in [0, 0.05) is 6.54 Å². The predicted octanol–water partition coefficient (Wildman–Crippen LogP) is 3.67. The highest BCUT2D eigenvalue weighted by Crippen LogP contribution is 2.34. The Bertz CT molecular complexity index is 966. The molecular formula is C18H20FN5OS. The topological polar surface area (TPSA) is 87.9 Å². The van der Waals surface area contributed by atoms with Gasteiger partial charge in [0.05, 0.1) is 22.8 Å². The monoisotopic (exact) mass is 373 g/mol. The summed E-state index contributed by atoms with van der Waals surface area (Å²) in [6.45, 7) is 2.63. The van der Waals surface area contributed by atoms with Crippen molar-refractivity contribution < 1.29 is 9.18 Å². The van der Waals surface area contributed by atoms with E-state index in [2.05, 4.69) is 15.0 Å². The smallest absolute Gasteiger partial charge is 0.266 e. The molecule has 3 aromatic rings. The number of nitrogen functional groups attached to an aromatic ring is 1. The van der Waals surface area contributed by atoms with Gasteiger partial charge in [0.25, 0.3) is 5.91 Å². The van der Waals surface area contributed by atoms with Gasteiger partial charge in [-0.3, -0.25) is 4.79 Å². The molecule has 0 radical (unpaired) electrons. The molecule has 1 amide bonds. The lowest BCUT2D eigenvalue weighted by atomic mass is 10.0. The molecule has 1 saturated heterocycles. The van der Waals surface area contributed by atoms with Crippen molar-refractivity contribution in [3.05, 3.63) is 40.4 Å². The van der Waals surface area contributed by atoms with E-state index in [-0.39, 0.29) is 17.8 Å². The SMILES string of the molecule is CCc1nc(N)sc1C(=O)N1CCCC[C@@H]1c1nc2ccc(F)cc2[nH]1. The number of nitrogens with one attached hydrogen (secondary N) is 1. The number of H-pyrrole nitrogens is 1. The van der Waals surface area contributed by atoms with Crippen LogP contribution in [-0.2, 0) is 6.42 Å². The molecule has 1 aliphatic rings. The van der Waals surface area contributed by atoms with Crippen molar-refractivity contribution in [2.45, 2.75) is 38.6 Å². The van der Waals surface area contributed by atoms with E-state index in [1.165, 1.54) is 23.5 Å². The van der Waals surface area contributed by atoms with Gasteiger partial charge in [-0.1, -0.05) is 18.3 Å². The third kappa shape index (κ3) is 2.94. The molecule has 1 aliphatic heterocycles. The molecule has 136 valence electrons. The van der Waals surface area contributed by atoms with Crippen LogP contribution in [0.2, 0.25) is 0 Å². The zero-order chi connectivity index (χ0) is 18.3. The zero-order valence-corrected chi connectivity index (χ0v) is 15.3. The van der Waals surface area contributed by atoms with Gasteiger partial charge in [0.1, 0.15) is 16.5 Å². The van der Waals surface area contributed by atoms with Crippen molar-refractivity contribution in [2.75, 3.05) is 12.3 Å². The Morgan fingerprint density at radius 2 is 2.27 bits per heavy atom. The second-order valence-electron chi connectivity index (χ2n) is 6.48. The van der Waals surface area contributed by atoms with Crippen molar-refractivity contribution in [3.8, 4) is 0 Å². The van der Waals surface area contributed by atoms with E-state index in [1.54, 1.807) is 6.07 Å². The largest absolute Gasteiger partial charge is 0.375 e. The maximum Gasteiger partial charge on any atom is 0.266 e. The lowest BCUT2D eigenvalue weighted by Crippen LogP contribution is -2.39. The van der Waals surface area contributed by atoms with Crippen molar-refractivity contribution in [2.24, 2.45) is 0 Å². The maximum absolute atomic E-state index is 13.5. The van der Waals surface area contributed by atoms with E-state index >= 15 is 0 Å². The predicted molar refractivity (Wildman–Crippen MR) is 99.6 cm³/mol. The number of hydrogen-bond donors (Lipinski definition) is 2. The Morgan fingerprint density at radius 3 is 3.08 bits per heavy atom. The lowest BCUT2D eigenvalue weighted by molar-refractivity contribution is 0.0605. The van der Waals surface area contributed by atoms with E-state index < -0.39 is 0 Å². The number of rotatable bonds is 3. The van der Waals surface area contributed by atoms with Gasteiger partial charge in [0.15, 0.2) is 5.13 Å². The van der Waals surface area contributed by atoms with Gasteiger partial charge in [0.2, 0.25) is 0 Å². The molecule has 0 bridgehead atoms. The van der Waals surface area contributed by atoms with E-state index in [0.717, 1.165) is 25.0 Å². The average Bonchev–Trinajstić information content (AvgIpc) is 3.23. The average molecular weight is 373 g/mol. The van der Waals surface area contributed by atoms with Crippen molar-refractivity contribution in [1.82, 2.24) is 19.9 Å². The molecule has 6 nitrogen and oxygen atoms in total. The number of carbonyl (C=O) groups excluding carboxylic acids is 1. The number of anilines is 1. The lowest BCUT2D eigenvalue weighted by Gasteiger charge is -2.34. The van der Waals surface area contributed by atoms with Crippen LogP contribution in [0.3, 0.4) is 0 Å². The van der Waals surface area contributed by atoms with Crippen molar-refractivity contribution in [1.29, 1.82) is 0 Å². The molecule has 3 N–H and O–H groups in total. The number of amides is 1. The summed E-state index contributed by atoms with van der Waals surface area (Å²) in [6.07, 6.45) is 3.46. The molecule has 1 fully saturated rings. The van der Waals surface area contributed by atoms with Crippen LogP contribution in [0.1, 0.15) is 53.4 Å². The number of thiazole rings is 1. The summed E-state index contributed by atoms with van der Waals surface area (Å²) in [5.41, 5.74) is 7.91. The quantitative estimate of drug-likeness (QED) is 0.733. The van der Waals surface area contributed by atoms with Crippen molar-refractivity contribution >= 4 is 33.4 Å². The summed E-state index contributed by atoms with van der Waals surface area (Å²) in [5, 5.41) is 0.415. The number of likely N-dealkylation sites (tertiary alicyclic amines) is 1. The van der Waals surface area contributed by atoms with Gasteiger partial charge in [-0.25, -0.2) is 14.4 Å². The fraction of sp³-hybridized carbons (Fsp3) is 0.389. The number of imidazole rings is 1. The van der Waals surface area contributed by atoms with Gasteiger partial charge < -0.3 is 15.6 Å². The van der Waals surface area contributed by atoms with Crippen LogP contribution in [0.15, 0.2) is 18.2 Å². The van der Waals surface area contributed by atoms with Crippen LogP contribution in [0.25, 0.3) is 11.0 Å². The van der Waals surface area contributed by atoms with Crippen molar-refractivity contribution in [3.63, 3.8) is 0 Å². The van der Waals surface area contributed by atoms with Crippen LogP contribution in [0, 0.1) is 5.82 Å². The summed E-state index contributed by atoms with van der Waals surface area (Å²) in [7, 11) is 0. The molecular weight excluding hydrogens is 353 g/mol. The Kier molecular flexibility index (Phi) is 4.36. The first-order valence-corrected chi connectivity index (χ1v) is 9.59. The number of hydrogen-bond acceptors (Lipinski definition) is 5. The molecule has 1 aromatic carbocycles. The fourth-order valence-corrected chi connectivity index (χ4v) is 4.40. The highest BCUT2D eigenvalue weighted by Gasteiger charge is 2.33. The van der Waals surface area contributed by atoms with E-state index in [1.807, 2.05) is 11.8 Å². The molecule has 4 rings (SSSR count). The zero-order valence-electron chi connectivity index (χ0n) is 14.5. The highest BCUT2D eigenvalue weighted by atomic mass is 32.1. The molecule has 3 heterocycles. The first kappa shape index (κ1) is 17.0. The molecule has 8 heteroatoms. The second kappa shape index (κ2) is 6.68. The standard InChI is InChI=1S/C18H20FN5OS/c1-2-11-15(26-18(20)23-11)17(25)24-8-4-3-5-14(24)16-21-12-7-6-10(19)9-13(12)22-16/h6-7,9,14H,2-5,8H2,1H3,(H2,20,23)(H,21,22)/t14-/m1/s1. The minimum absolute atomic E-state index is 0.0487. The van der Waals surface area contributed by atoms with Crippen LogP contribution in [0.4, 0.5) is 9.52 Å². The van der Waals surface area contributed by atoms with Crippen LogP contribution < -0.4 is 5.73 Å². The number of piperidine rings is 1. The number of halogens is 1. The molecule has 2 aromatic heterocycles. The summed E-state index contributed by atoms with van der Waals surface area (Å²) < 4.78 is 13.5. The number of aromatic amines is 1. The number of aromatic nitrogens is 3. The molecule has 0 saturated carbocycles. The number of carbonyl (C=O) groups is 1. The number of fused-ring (bicyclic) bond motifs is 1. The first-order valence-electron chi connectivity index (χ1n) is 8.78. The third-order valence-electron chi connectivity index (χ3n) is 4.78. The first-order chi connectivity index (χ1) is 12.6. The van der Waals surface area contributed by atoms with Gasteiger partial charge in [-0.2, -0.15) is 0 Å². The van der Waals surface area contributed by atoms with E-state index in [9.17, 15) is 9.18 Å². The van der Waals surface area contributed by atoms with E-state index in [0.29, 0.717) is 39.8 Å². The van der Waals surface area contributed by atoms with Gasteiger partial charge >= 0.3 is 0 Å². The molecule has 26 heavy (non-hydrogen) atoms. The molecule has 0 aliphatic carbocycles. The van der Waals surface area contributed by atoms with Crippen LogP contribution in [-0.4, -0.2) is 32.3 Å². The van der Waals surface area contributed by atoms with E-state index in [4.69, 9.17) is 5.73 Å². The highest BCUT2D eigenvalue weighted by molar-refractivity contribution is 7.17. The summed E-state index contributed by atoms with van der Waals surface area (Å²) in [6, 6.07) is 4.32. The Morgan fingerprint density at radius 1 is 1.42 bits per heavy atom. The number of benzene rings is 1. The summed E-state index contributed by atoms with van der Waals surface area (Å²) >= 11 is 1.24. The normalized spacial score (nSPS) is 17.8. The van der Waals surface area contributed by atoms with Gasteiger partial charge in [-0.05, 0) is 43.9 Å². The molecule has 0 unspecified atom stereocenters. The Hall–Kier alpha value is -2.48. The fourth-order valence-electron chi connectivity index (χ4n) is 3.53. The summed E-state index contributed by atoms with van der Waals surface area (Å²) in [5.74, 6) is 0.346. The Labute approximate surface area is 154 Å². The van der Waals surface area contributed by atoms with Crippen LogP contribution >= 0.6 is 11.3 Å². The van der Waals surface area contributed by atoms with Gasteiger partial charge in [-0.15, -0.1) is 0 Å². The number of nitrogens with two attached hydrogens (primary N) is 1. The summed E-state index contributed by atoms with van der Waals surface area (Å²) in [4.78, 5) is 27.7. The minimum Gasteiger partial charge on any atom is -0.375 e.